The van der Waals surface area contributed by atoms with Crippen LogP contribution in [0, 0.1) is 6.92 Å². The number of nitrogens with one attached hydrogen (secondary N) is 2. The minimum Gasteiger partial charge on any atom is -0.354 e. The van der Waals surface area contributed by atoms with Crippen LogP contribution in [-0.4, -0.2) is 32.8 Å². The van der Waals surface area contributed by atoms with Crippen LogP contribution in [0.5, 0.6) is 0 Å². The summed E-state index contributed by atoms with van der Waals surface area (Å²) < 4.78 is 2.02. The fraction of sp³-hybridized carbons (Fsp3) is 0.316. The van der Waals surface area contributed by atoms with Crippen LogP contribution in [0.2, 0.25) is 0 Å². The Bertz CT molecular complexity index is 967. The third kappa shape index (κ3) is 2.73. The summed E-state index contributed by atoms with van der Waals surface area (Å²) in [5.41, 5.74) is 4.90. The molecule has 3 aromatic rings. The molecule has 0 radical (unpaired) electrons. The molecule has 1 aliphatic carbocycles. The van der Waals surface area contributed by atoms with Gasteiger partial charge in [-0.05, 0) is 37.5 Å². The van der Waals surface area contributed by atoms with Crippen molar-refractivity contribution in [3.63, 3.8) is 0 Å². The molecule has 128 valence electrons. The maximum absolute atomic E-state index is 12.5. The van der Waals surface area contributed by atoms with Crippen LogP contribution < -0.4 is 5.32 Å². The number of ketones is 1. The average Bonchev–Trinajstić information content (AvgIpc) is 3.17. The molecule has 0 spiro atoms. The second-order valence-corrected chi connectivity index (χ2v) is 6.44. The first-order valence-corrected chi connectivity index (χ1v) is 8.58. The van der Waals surface area contributed by atoms with Gasteiger partial charge in [0.15, 0.2) is 5.78 Å². The van der Waals surface area contributed by atoms with Crippen LogP contribution in [0.25, 0.3) is 11.0 Å². The van der Waals surface area contributed by atoms with Crippen LogP contribution in [0.1, 0.15) is 44.9 Å². The van der Waals surface area contributed by atoms with Crippen LogP contribution >= 0.6 is 0 Å². The van der Waals surface area contributed by atoms with Crippen LogP contribution in [0.4, 0.5) is 0 Å². The van der Waals surface area contributed by atoms with Crippen molar-refractivity contribution < 1.29 is 9.59 Å². The van der Waals surface area contributed by atoms with Gasteiger partial charge in [0.25, 0.3) is 5.91 Å². The molecule has 2 aromatic heterocycles. The Morgan fingerprint density at radius 3 is 3.00 bits per heavy atom. The Morgan fingerprint density at radius 1 is 1.32 bits per heavy atom. The molecule has 4 rings (SSSR count). The fourth-order valence-electron chi connectivity index (χ4n) is 3.57. The van der Waals surface area contributed by atoms with Gasteiger partial charge >= 0.3 is 0 Å². The number of amides is 1. The number of hydrogen-bond donors (Lipinski definition) is 2. The Morgan fingerprint density at radius 2 is 2.16 bits per heavy atom. The summed E-state index contributed by atoms with van der Waals surface area (Å²) >= 11 is 0. The van der Waals surface area contributed by atoms with E-state index in [0.717, 1.165) is 40.7 Å². The molecule has 0 atom stereocenters. The highest BCUT2D eigenvalue weighted by Crippen LogP contribution is 2.26. The fourth-order valence-corrected chi connectivity index (χ4v) is 3.57. The Kier molecular flexibility index (Phi) is 3.87. The minimum absolute atomic E-state index is 0.138. The number of carbonyl (C=O) groups excluding carboxylic acids is 2. The molecule has 1 aromatic carbocycles. The second kappa shape index (κ2) is 6.20. The third-order valence-corrected chi connectivity index (χ3v) is 4.83. The number of Topliss-reactive ketones (excluding diaryl/α,β-unsaturated/α-hetero) is 1. The largest absolute Gasteiger partial charge is 0.354 e. The number of carbonyl (C=O) groups is 2. The molecule has 6 nitrogen and oxygen atoms in total. The zero-order valence-corrected chi connectivity index (χ0v) is 14.1. The SMILES string of the molecule is Cc1c(C(=O)NCCn2cnc3ccccc32)[nH]c2c1C(=O)CCC2. The number of rotatable bonds is 4. The van der Waals surface area contributed by atoms with E-state index >= 15 is 0 Å². The Hall–Kier alpha value is -2.89. The highest BCUT2D eigenvalue weighted by atomic mass is 16.2. The first-order valence-electron chi connectivity index (χ1n) is 8.58. The number of nitrogens with zero attached hydrogens (tertiary/aromatic N) is 2. The number of fused-ring (bicyclic) bond motifs is 2. The average molecular weight is 336 g/mol. The first-order chi connectivity index (χ1) is 12.1. The lowest BCUT2D eigenvalue weighted by Crippen LogP contribution is -2.28. The molecule has 0 aliphatic heterocycles. The summed E-state index contributed by atoms with van der Waals surface area (Å²) in [6.07, 6.45) is 4.03. The van der Waals surface area contributed by atoms with Crippen molar-refractivity contribution in [1.82, 2.24) is 19.9 Å². The van der Waals surface area contributed by atoms with Gasteiger partial charge in [-0.15, -0.1) is 0 Å². The van der Waals surface area contributed by atoms with E-state index in [2.05, 4.69) is 15.3 Å². The molecule has 0 saturated carbocycles. The first kappa shape index (κ1) is 15.6. The van der Waals surface area contributed by atoms with E-state index in [1.165, 1.54) is 0 Å². The van der Waals surface area contributed by atoms with Crippen molar-refractivity contribution in [2.75, 3.05) is 6.54 Å². The van der Waals surface area contributed by atoms with Gasteiger partial charge in [0.05, 0.1) is 17.4 Å². The lowest BCUT2D eigenvalue weighted by atomic mass is 9.94. The minimum atomic E-state index is -0.163. The molecular weight excluding hydrogens is 316 g/mol. The molecule has 1 amide bonds. The number of para-hydroxylation sites is 2. The zero-order valence-electron chi connectivity index (χ0n) is 14.1. The van der Waals surface area contributed by atoms with E-state index in [1.807, 2.05) is 35.8 Å². The number of aromatic nitrogens is 3. The van der Waals surface area contributed by atoms with Gasteiger partial charge in [0, 0.05) is 30.8 Å². The topological polar surface area (TPSA) is 79.8 Å². The quantitative estimate of drug-likeness (QED) is 0.768. The number of benzene rings is 1. The maximum Gasteiger partial charge on any atom is 0.268 e. The third-order valence-electron chi connectivity index (χ3n) is 4.83. The second-order valence-electron chi connectivity index (χ2n) is 6.44. The number of hydrogen-bond acceptors (Lipinski definition) is 3. The molecule has 0 fully saturated rings. The number of H-pyrrole nitrogens is 1. The van der Waals surface area contributed by atoms with Crippen LogP contribution in [0.15, 0.2) is 30.6 Å². The van der Waals surface area contributed by atoms with Gasteiger partial charge in [-0.1, -0.05) is 12.1 Å². The standard InChI is InChI=1S/C19H20N4O2/c1-12-17-14(6-4-8-16(17)24)22-18(12)19(25)20-9-10-23-11-21-13-5-2-3-7-15(13)23/h2-3,5,7,11,22H,4,6,8-10H2,1H3,(H,20,25). The highest BCUT2D eigenvalue weighted by Gasteiger charge is 2.26. The van der Waals surface area contributed by atoms with Gasteiger partial charge in [0.2, 0.25) is 0 Å². The monoisotopic (exact) mass is 336 g/mol. The van der Waals surface area contributed by atoms with Gasteiger partial charge in [-0.3, -0.25) is 9.59 Å². The summed E-state index contributed by atoms with van der Waals surface area (Å²) in [6.45, 7) is 2.98. The van der Waals surface area contributed by atoms with Crippen molar-refractivity contribution in [1.29, 1.82) is 0 Å². The molecular formula is C19H20N4O2. The van der Waals surface area contributed by atoms with Crippen molar-refractivity contribution in [3.05, 3.63) is 53.1 Å². The van der Waals surface area contributed by atoms with E-state index in [-0.39, 0.29) is 11.7 Å². The lowest BCUT2D eigenvalue weighted by Gasteiger charge is -2.09. The van der Waals surface area contributed by atoms with Crippen LogP contribution in [0.3, 0.4) is 0 Å². The molecule has 0 saturated heterocycles. The smallest absolute Gasteiger partial charge is 0.268 e. The summed E-state index contributed by atoms with van der Waals surface area (Å²) in [5, 5.41) is 2.94. The van der Waals surface area contributed by atoms with E-state index in [9.17, 15) is 9.59 Å². The summed E-state index contributed by atoms with van der Waals surface area (Å²) in [7, 11) is 0. The normalized spacial score (nSPS) is 13.9. The van der Waals surface area contributed by atoms with Crippen molar-refractivity contribution in [2.45, 2.75) is 32.7 Å². The summed E-state index contributed by atoms with van der Waals surface area (Å²) in [6, 6.07) is 7.91. The molecule has 0 unspecified atom stereocenters. The van der Waals surface area contributed by atoms with Crippen molar-refractivity contribution in [2.24, 2.45) is 0 Å². The van der Waals surface area contributed by atoms with E-state index in [1.54, 1.807) is 6.33 Å². The summed E-state index contributed by atoms with van der Waals surface area (Å²) in [5.74, 6) is -0.0249. The van der Waals surface area contributed by atoms with Crippen LogP contribution in [-0.2, 0) is 13.0 Å². The number of aryl methyl sites for hydroxylation is 1. The predicted octanol–water partition coefficient (Wildman–Crippen LogP) is 2.62. The molecule has 0 bridgehead atoms. The molecule has 6 heteroatoms. The van der Waals surface area contributed by atoms with E-state index < -0.39 is 0 Å². The molecule has 1 aliphatic rings. The van der Waals surface area contributed by atoms with Crippen molar-refractivity contribution >= 4 is 22.7 Å². The van der Waals surface area contributed by atoms with Gasteiger partial charge < -0.3 is 14.9 Å². The predicted molar refractivity (Wildman–Crippen MR) is 94.9 cm³/mol. The van der Waals surface area contributed by atoms with E-state index in [0.29, 0.717) is 25.2 Å². The molecule has 2 N–H and O–H groups in total. The Labute approximate surface area is 145 Å². The van der Waals surface area contributed by atoms with Gasteiger partial charge in [-0.25, -0.2) is 4.98 Å². The zero-order chi connectivity index (χ0) is 17.4. The maximum atomic E-state index is 12.5. The van der Waals surface area contributed by atoms with Gasteiger partial charge in [-0.2, -0.15) is 0 Å². The van der Waals surface area contributed by atoms with Gasteiger partial charge in [0.1, 0.15) is 5.69 Å². The molecule has 2 heterocycles. The van der Waals surface area contributed by atoms with E-state index in [4.69, 9.17) is 0 Å². The molecule has 25 heavy (non-hydrogen) atoms. The lowest BCUT2D eigenvalue weighted by molar-refractivity contribution is 0.0946. The number of imidazole rings is 1. The summed E-state index contributed by atoms with van der Waals surface area (Å²) in [4.78, 5) is 32.1. The highest BCUT2D eigenvalue weighted by molar-refractivity contribution is 6.04. The van der Waals surface area contributed by atoms with Crippen molar-refractivity contribution in [3.8, 4) is 0 Å². The number of aromatic amines is 1. The Balaban J connectivity index is 1.45.